The van der Waals surface area contributed by atoms with Gasteiger partial charge in [0.2, 0.25) is 0 Å². The number of hydrogen-bond acceptors (Lipinski definition) is 2. The Balaban J connectivity index is 2.46. The Bertz CT molecular complexity index is 147. The second kappa shape index (κ2) is 4.11. The van der Waals surface area contributed by atoms with Crippen LogP contribution in [0.5, 0.6) is 0 Å². The van der Waals surface area contributed by atoms with Crippen molar-refractivity contribution in [3.05, 3.63) is 12.8 Å². The van der Waals surface area contributed by atoms with Gasteiger partial charge in [-0.2, -0.15) is 5.11 Å². The van der Waals surface area contributed by atoms with Gasteiger partial charge < -0.3 is 0 Å². The normalized spacial score (nSPS) is 19.4. The van der Waals surface area contributed by atoms with Crippen LogP contribution in [-0.4, -0.2) is 18.1 Å². The molecule has 0 atom stereocenters. The predicted molar refractivity (Wildman–Crippen MR) is 45.1 cm³/mol. The molecule has 1 aliphatic rings. The van der Waals surface area contributed by atoms with Crippen LogP contribution in [0.1, 0.15) is 25.7 Å². The molecule has 1 saturated carbocycles. The Morgan fingerprint density at radius 3 is 2.55 bits per heavy atom. The monoisotopic (exact) mass is 153 g/mol. The fraction of sp³-hybridized carbons (Fsp3) is 0.750. The van der Waals surface area contributed by atoms with Gasteiger partial charge in [0, 0.05) is 6.20 Å². The molecule has 62 valence electrons. The van der Waals surface area contributed by atoms with E-state index in [1.165, 1.54) is 25.7 Å². The zero-order valence-corrected chi connectivity index (χ0v) is 7.03. The van der Waals surface area contributed by atoms with Gasteiger partial charge in [-0.3, -0.25) is 5.01 Å². The second-order valence-electron chi connectivity index (χ2n) is 2.79. The van der Waals surface area contributed by atoms with Gasteiger partial charge in [-0.05, 0) is 12.8 Å². The van der Waals surface area contributed by atoms with Crippen molar-refractivity contribution in [3.8, 4) is 0 Å². The Hall–Kier alpha value is -0.860. The zero-order valence-electron chi connectivity index (χ0n) is 7.03. The van der Waals surface area contributed by atoms with Gasteiger partial charge in [-0.25, -0.2) is 0 Å². The van der Waals surface area contributed by atoms with E-state index < -0.39 is 0 Å². The van der Waals surface area contributed by atoms with Crippen molar-refractivity contribution < 1.29 is 0 Å². The van der Waals surface area contributed by atoms with Gasteiger partial charge in [0.15, 0.2) is 0 Å². The van der Waals surface area contributed by atoms with Crippen molar-refractivity contribution in [1.82, 2.24) is 5.01 Å². The summed E-state index contributed by atoms with van der Waals surface area (Å²) in [7, 11) is 1.69. The molecule has 0 amide bonds. The summed E-state index contributed by atoms with van der Waals surface area (Å²) in [5.74, 6) is 0. The summed E-state index contributed by atoms with van der Waals surface area (Å²) in [6.07, 6.45) is 6.83. The van der Waals surface area contributed by atoms with E-state index in [9.17, 15) is 0 Å². The van der Waals surface area contributed by atoms with Crippen LogP contribution in [0.4, 0.5) is 0 Å². The second-order valence-corrected chi connectivity index (χ2v) is 2.79. The quantitative estimate of drug-likeness (QED) is 0.452. The molecule has 0 heterocycles. The summed E-state index contributed by atoms with van der Waals surface area (Å²) < 4.78 is 0. The average molecular weight is 153 g/mol. The maximum atomic E-state index is 3.96. The summed E-state index contributed by atoms with van der Waals surface area (Å²) in [5.41, 5.74) is 0. The summed E-state index contributed by atoms with van der Waals surface area (Å²) in [5, 5.41) is 9.56. The molecule has 0 unspecified atom stereocenters. The predicted octanol–water partition coefficient (Wildman–Crippen LogP) is 2.37. The van der Waals surface area contributed by atoms with Crippen LogP contribution in [0, 0.1) is 0 Å². The number of hydrogen-bond donors (Lipinski definition) is 0. The molecule has 0 bridgehead atoms. The molecule has 0 radical (unpaired) electrons. The molecule has 0 saturated heterocycles. The van der Waals surface area contributed by atoms with Crippen LogP contribution < -0.4 is 0 Å². The van der Waals surface area contributed by atoms with Gasteiger partial charge in [0.1, 0.15) is 0 Å². The molecule has 1 aliphatic carbocycles. The van der Waals surface area contributed by atoms with Crippen LogP contribution in [0.3, 0.4) is 0 Å². The fourth-order valence-corrected chi connectivity index (χ4v) is 1.53. The van der Waals surface area contributed by atoms with Crippen molar-refractivity contribution in [2.24, 2.45) is 10.3 Å². The first-order chi connectivity index (χ1) is 5.38. The van der Waals surface area contributed by atoms with Gasteiger partial charge in [0.05, 0.1) is 13.1 Å². The minimum atomic E-state index is 0.552. The average Bonchev–Trinajstić information content (AvgIpc) is 2.52. The minimum absolute atomic E-state index is 0.552. The summed E-state index contributed by atoms with van der Waals surface area (Å²) in [4.78, 5) is 0. The lowest BCUT2D eigenvalue weighted by Gasteiger charge is -2.19. The van der Waals surface area contributed by atoms with E-state index in [2.05, 4.69) is 16.9 Å². The third-order valence-corrected chi connectivity index (χ3v) is 2.08. The third kappa shape index (κ3) is 2.03. The van der Waals surface area contributed by atoms with Crippen LogP contribution in [0.15, 0.2) is 23.1 Å². The molecule has 0 aromatic carbocycles. The number of nitrogens with zero attached hydrogens (tertiary/aromatic N) is 3. The lowest BCUT2D eigenvalue weighted by atomic mass is 10.2. The van der Waals surface area contributed by atoms with Crippen LogP contribution >= 0.6 is 0 Å². The highest BCUT2D eigenvalue weighted by Crippen LogP contribution is 2.23. The Morgan fingerprint density at radius 1 is 1.45 bits per heavy atom. The summed E-state index contributed by atoms with van der Waals surface area (Å²) in [6.45, 7) is 3.70. The van der Waals surface area contributed by atoms with Crippen molar-refractivity contribution in [2.45, 2.75) is 31.7 Å². The highest BCUT2D eigenvalue weighted by molar-refractivity contribution is 4.80. The molecular formula is C8H15N3. The minimum Gasteiger partial charge on any atom is -0.252 e. The third-order valence-electron chi connectivity index (χ3n) is 2.08. The van der Waals surface area contributed by atoms with Gasteiger partial charge in [-0.1, -0.05) is 24.6 Å². The summed E-state index contributed by atoms with van der Waals surface area (Å²) in [6, 6.07) is 0.552. The van der Waals surface area contributed by atoms with E-state index in [0.717, 1.165) is 0 Å². The molecule has 0 N–H and O–H groups in total. The lowest BCUT2D eigenvalue weighted by Crippen LogP contribution is -2.21. The lowest BCUT2D eigenvalue weighted by molar-refractivity contribution is 0.275. The first-order valence-corrected chi connectivity index (χ1v) is 4.09. The molecule has 1 rings (SSSR count). The van der Waals surface area contributed by atoms with Gasteiger partial charge >= 0.3 is 0 Å². The molecule has 3 nitrogen and oxygen atoms in total. The van der Waals surface area contributed by atoms with Gasteiger partial charge in [0.25, 0.3) is 0 Å². The van der Waals surface area contributed by atoms with E-state index in [1.807, 2.05) is 5.01 Å². The van der Waals surface area contributed by atoms with Crippen LogP contribution in [0.25, 0.3) is 0 Å². The maximum absolute atomic E-state index is 3.96. The first-order valence-electron chi connectivity index (χ1n) is 4.09. The number of rotatable bonds is 3. The van der Waals surface area contributed by atoms with Crippen LogP contribution in [0.2, 0.25) is 0 Å². The van der Waals surface area contributed by atoms with Crippen molar-refractivity contribution in [1.29, 1.82) is 0 Å². The summed E-state index contributed by atoms with van der Waals surface area (Å²) >= 11 is 0. The Labute approximate surface area is 67.8 Å². The topological polar surface area (TPSA) is 28.0 Å². The molecule has 0 aromatic rings. The molecular weight excluding hydrogens is 138 g/mol. The van der Waals surface area contributed by atoms with Crippen molar-refractivity contribution in [2.75, 3.05) is 7.05 Å². The van der Waals surface area contributed by atoms with E-state index >= 15 is 0 Å². The molecule has 0 spiro atoms. The maximum Gasteiger partial charge on any atom is 0.0535 e. The fourth-order valence-electron chi connectivity index (χ4n) is 1.53. The van der Waals surface area contributed by atoms with E-state index in [0.29, 0.717) is 6.04 Å². The first kappa shape index (κ1) is 8.24. The van der Waals surface area contributed by atoms with E-state index in [4.69, 9.17) is 0 Å². The smallest absolute Gasteiger partial charge is 0.0535 e. The zero-order chi connectivity index (χ0) is 8.10. The Kier molecular flexibility index (Phi) is 3.08. The standard InChI is InChI=1S/C8H15N3/c1-3-11(10-9-2)8-6-4-5-7-8/h3,8H,1,4-7H2,2H3. The van der Waals surface area contributed by atoms with Crippen molar-refractivity contribution in [3.63, 3.8) is 0 Å². The van der Waals surface area contributed by atoms with Gasteiger partial charge in [-0.15, -0.1) is 0 Å². The SMILES string of the molecule is C=CN(N=NC)C1CCCC1. The Morgan fingerprint density at radius 2 is 2.09 bits per heavy atom. The molecule has 3 heteroatoms. The van der Waals surface area contributed by atoms with Crippen molar-refractivity contribution >= 4 is 0 Å². The van der Waals surface area contributed by atoms with E-state index in [-0.39, 0.29) is 0 Å². The molecule has 0 aromatic heterocycles. The highest BCUT2D eigenvalue weighted by Gasteiger charge is 2.19. The molecule has 0 aliphatic heterocycles. The largest absolute Gasteiger partial charge is 0.252 e. The van der Waals surface area contributed by atoms with Crippen LogP contribution in [-0.2, 0) is 0 Å². The molecule has 1 fully saturated rings. The highest BCUT2D eigenvalue weighted by atomic mass is 15.5. The molecule has 11 heavy (non-hydrogen) atoms. The van der Waals surface area contributed by atoms with E-state index in [1.54, 1.807) is 13.2 Å².